The monoisotopic (exact) mass is 292 g/mol. The van der Waals surface area contributed by atoms with Gasteiger partial charge in [-0.1, -0.05) is 26.2 Å². The van der Waals surface area contributed by atoms with Crippen molar-refractivity contribution in [3.05, 3.63) is 17.5 Å². The van der Waals surface area contributed by atoms with Crippen molar-refractivity contribution in [2.75, 3.05) is 7.05 Å². The van der Waals surface area contributed by atoms with E-state index in [9.17, 15) is 4.79 Å². The highest BCUT2D eigenvalue weighted by atomic mass is 16.2. The summed E-state index contributed by atoms with van der Waals surface area (Å²) < 4.78 is 0. The van der Waals surface area contributed by atoms with Crippen molar-refractivity contribution in [3.8, 4) is 0 Å². The first-order valence-electron chi connectivity index (χ1n) is 8.14. The van der Waals surface area contributed by atoms with Gasteiger partial charge in [-0.05, 0) is 39.3 Å². The average molecular weight is 292 g/mol. The van der Waals surface area contributed by atoms with Crippen LogP contribution in [0.2, 0.25) is 0 Å². The number of rotatable bonds is 7. The third kappa shape index (κ3) is 4.56. The maximum atomic E-state index is 12.3. The molecule has 2 N–H and O–H groups in total. The van der Waals surface area contributed by atoms with Crippen LogP contribution >= 0.6 is 0 Å². The number of nitrogens with one attached hydrogen (secondary N) is 2. The Bertz CT molecular complexity index is 451. The molecular formula is C16H28N4O. The molecule has 1 amide bonds. The molecule has 1 aliphatic carbocycles. The van der Waals surface area contributed by atoms with Crippen LogP contribution in [-0.4, -0.2) is 40.1 Å². The lowest BCUT2D eigenvalue weighted by molar-refractivity contribution is -0.126. The lowest BCUT2D eigenvalue weighted by atomic mass is 10.2. The van der Waals surface area contributed by atoms with Gasteiger partial charge in [0, 0.05) is 18.3 Å². The number of H-pyrrole nitrogens is 1. The number of hydrogen-bond donors (Lipinski definition) is 2. The van der Waals surface area contributed by atoms with Crippen molar-refractivity contribution in [3.63, 3.8) is 0 Å². The van der Waals surface area contributed by atoms with E-state index in [0.29, 0.717) is 6.04 Å². The molecule has 2 rings (SSSR count). The fourth-order valence-corrected chi connectivity index (χ4v) is 2.87. The molecule has 1 unspecified atom stereocenters. The number of nitrogens with zero attached hydrogens (tertiary/aromatic N) is 2. The van der Waals surface area contributed by atoms with Crippen molar-refractivity contribution in [2.24, 2.45) is 0 Å². The summed E-state index contributed by atoms with van der Waals surface area (Å²) in [4.78, 5) is 14.3. The highest BCUT2D eigenvalue weighted by Crippen LogP contribution is 2.18. The first-order chi connectivity index (χ1) is 10.1. The maximum absolute atomic E-state index is 12.3. The molecule has 1 aromatic rings. The minimum absolute atomic E-state index is 0.122. The van der Waals surface area contributed by atoms with E-state index in [1.165, 1.54) is 12.8 Å². The summed E-state index contributed by atoms with van der Waals surface area (Å²) in [6.07, 6.45) is 6.83. The SMILES string of the molecule is CCCc1cc(CN(C)C(C)C(=O)NC2CCCC2)[nH]n1. The van der Waals surface area contributed by atoms with Gasteiger partial charge in [-0.15, -0.1) is 0 Å². The lowest BCUT2D eigenvalue weighted by Crippen LogP contribution is -2.46. The molecule has 1 atom stereocenters. The highest BCUT2D eigenvalue weighted by molar-refractivity contribution is 5.81. The minimum Gasteiger partial charge on any atom is -0.352 e. The van der Waals surface area contributed by atoms with E-state index in [4.69, 9.17) is 0 Å². The third-order valence-electron chi connectivity index (χ3n) is 4.35. The third-order valence-corrected chi connectivity index (χ3v) is 4.35. The normalized spacial score (nSPS) is 17.3. The number of aryl methyl sites for hydroxylation is 1. The molecule has 118 valence electrons. The van der Waals surface area contributed by atoms with E-state index < -0.39 is 0 Å². The van der Waals surface area contributed by atoms with Crippen molar-refractivity contribution in [1.82, 2.24) is 20.4 Å². The maximum Gasteiger partial charge on any atom is 0.237 e. The summed E-state index contributed by atoms with van der Waals surface area (Å²) >= 11 is 0. The summed E-state index contributed by atoms with van der Waals surface area (Å²) in [6, 6.07) is 2.36. The number of carbonyl (C=O) groups is 1. The van der Waals surface area contributed by atoms with E-state index in [1.807, 2.05) is 14.0 Å². The van der Waals surface area contributed by atoms with Crippen LogP contribution in [-0.2, 0) is 17.8 Å². The van der Waals surface area contributed by atoms with Crippen molar-refractivity contribution in [2.45, 2.75) is 71.0 Å². The highest BCUT2D eigenvalue weighted by Gasteiger charge is 2.23. The molecule has 5 nitrogen and oxygen atoms in total. The summed E-state index contributed by atoms with van der Waals surface area (Å²) in [5, 5.41) is 10.5. The molecule has 21 heavy (non-hydrogen) atoms. The second-order valence-corrected chi connectivity index (χ2v) is 6.22. The molecule has 5 heteroatoms. The average Bonchev–Trinajstić information content (AvgIpc) is 3.10. The van der Waals surface area contributed by atoms with Gasteiger partial charge in [0.15, 0.2) is 0 Å². The Labute approximate surface area is 127 Å². The van der Waals surface area contributed by atoms with E-state index in [2.05, 4.69) is 33.4 Å². The molecule has 0 radical (unpaired) electrons. The second kappa shape index (κ2) is 7.59. The first kappa shape index (κ1) is 16.0. The standard InChI is InChI=1S/C16H28N4O/c1-4-7-14-10-15(19-18-14)11-20(3)12(2)16(21)17-13-8-5-6-9-13/h10,12-13H,4-9,11H2,1-3H3,(H,17,21)(H,18,19). The Morgan fingerprint density at radius 2 is 2.24 bits per heavy atom. The lowest BCUT2D eigenvalue weighted by Gasteiger charge is -2.24. The number of aromatic amines is 1. The Kier molecular flexibility index (Phi) is 5.79. The van der Waals surface area contributed by atoms with Crippen LogP contribution in [0.25, 0.3) is 0 Å². The van der Waals surface area contributed by atoms with Crippen molar-refractivity contribution < 1.29 is 4.79 Å². The number of amides is 1. The van der Waals surface area contributed by atoms with Gasteiger partial charge in [-0.25, -0.2) is 0 Å². The molecular weight excluding hydrogens is 264 g/mol. The van der Waals surface area contributed by atoms with Crippen molar-refractivity contribution in [1.29, 1.82) is 0 Å². The van der Waals surface area contributed by atoms with E-state index in [0.717, 1.165) is 43.6 Å². The van der Waals surface area contributed by atoms with Crippen LogP contribution in [0.15, 0.2) is 6.07 Å². The van der Waals surface area contributed by atoms with Crippen LogP contribution in [0.4, 0.5) is 0 Å². The zero-order valence-electron chi connectivity index (χ0n) is 13.5. The van der Waals surface area contributed by atoms with E-state index in [1.54, 1.807) is 0 Å². The Morgan fingerprint density at radius 1 is 1.52 bits per heavy atom. The van der Waals surface area contributed by atoms with E-state index >= 15 is 0 Å². The van der Waals surface area contributed by atoms with Gasteiger partial charge in [0.25, 0.3) is 0 Å². The molecule has 1 fully saturated rings. The molecule has 0 aliphatic heterocycles. The Hall–Kier alpha value is -1.36. The molecule has 0 spiro atoms. The van der Waals surface area contributed by atoms with E-state index in [-0.39, 0.29) is 11.9 Å². The molecule has 1 aliphatic rings. The zero-order valence-corrected chi connectivity index (χ0v) is 13.5. The summed E-state index contributed by atoms with van der Waals surface area (Å²) in [7, 11) is 1.99. The van der Waals surface area contributed by atoms with Gasteiger partial charge in [0.2, 0.25) is 5.91 Å². The molecule has 1 heterocycles. The van der Waals surface area contributed by atoms with Gasteiger partial charge in [-0.2, -0.15) is 5.10 Å². The quantitative estimate of drug-likeness (QED) is 0.810. The topological polar surface area (TPSA) is 61.0 Å². The van der Waals surface area contributed by atoms with Gasteiger partial charge < -0.3 is 5.32 Å². The minimum atomic E-state index is -0.122. The summed E-state index contributed by atoms with van der Waals surface area (Å²) in [5.74, 6) is 0.137. The van der Waals surface area contributed by atoms with Crippen LogP contribution in [0.1, 0.15) is 57.3 Å². The Morgan fingerprint density at radius 3 is 2.90 bits per heavy atom. The van der Waals surface area contributed by atoms with Crippen LogP contribution in [0.3, 0.4) is 0 Å². The smallest absolute Gasteiger partial charge is 0.237 e. The zero-order chi connectivity index (χ0) is 15.2. The number of carbonyl (C=O) groups excluding carboxylic acids is 1. The summed E-state index contributed by atoms with van der Waals surface area (Å²) in [6.45, 7) is 4.83. The fraction of sp³-hybridized carbons (Fsp3) is 0.750. The fourth-order valence-electron chi connectivity index (χ4n) is 2.87. The molecule has 0 aromatic carbocycles. The van der Waals surface area contributed by atoms with Crippen molar-refractivity contribution >= 4 is 5.91 Å². The first-order valence-corrected chi connectivity index (χ1v) is 8.14. The van der Waals surface area contributed by atoms with Crippen LogP contribution < -0.4 is 5.32 Å². The van der Waals surface area contributed by atoms with Gasteiger partial charge >= 0.3 is 0 Å². The molecule has 1 aromatic heterocycles. The number of aromatic nitrogens is 2. The van der Waals surface area contributed by atoms with Crippen LogP contribution in [0, 0.1) is 0 Å². The Balaban J connectivity index is 1.82. The number of hydrogen-bond acceptors (Lipinski definition) is 3. The largest absolute Gasteiger partial charge is 0.352 e. The predicted octanol–water partition coefficient (Wildman–Crippen LogP) is 2.24. The summed E-state index contributed by atoms with van der Waals surface area (Å²) in [5.41, 5.74) is 2.17. The molecule has 1 saturated carbocycles. The van der Waals surface area contributed by atoms with Crippen LogP contribution in [0.5, 0.6) is 0 Å². The predicted molar refractivity (Wildman–Crippen MR) is 83.9 cm³/mol. The number of likely N-dealkylation sites (N-methyl/N-ethyl adjacent to an activating group) is 1. The van der Waals surface area contributed by atoms with Gasteiger partial charge in [-0.3, -0.25) is 14.8 Å². The van der Waals surface area contributed by atoms with Gasteiger partial charge in [0.05, 0.1) is 11.7 Å². The molecule has 0 saturated heterocycles. The van der Waals surface area contributed by atoms with Gasteiger partial charge in [0.1, 0.15) is 0 Å². The second-order valence-electron chi connectivity index (χ2n) is 6.22. The molecule has 0 bridgehead atoms.